The molecule has 0 radical (unpaired) electrons. The third-order valence-corrected chi connectivity index (χ3v) is 3.18. The predicted molar refractivity (Wildman–Crippen MR) is 73.2 cm³/mol. The minimum absolute atomic E-state index is 0.347. The van der Waals surface area contributed by atoms with Crippen molar-refractivity contribution in [3.8, 4) is 0 Å². The molecule has 0 aliphatic heterocycles. The number of hydrogen-bond donors (Lipinski definition) is 1. The van der Waals surface area contributed by atoms with Gasteiger partial charge < -0.3 is 10.5 Å². The molecule has 0 saturated heterocycles. The Labute approximate surface area is 105 Å². The minimum atomic E-state index is 0.347. The van der Waals surface area contributed by atoms with Crippen LogP contribution in [0.3, 0.4) is 0 Å². The van der Waals surface area contributed by atoms with Gasteiger partial charge in [0.2, 0.25) is 0 Å². The van der Waals surface area contributed by atoms with Gasteiger partial charge in [-0.2, -0.15) is 0 Å². The Balaban J connectivity index is 2.34. The van der Waals surface area contributed by atoms with E-state index in [-0.39, 0.29) is 0 Å². The van der Waals surface area contributed by atoms with Gasteiger partial charge in [0.05, 0.1) is 6.10 Å². The van der Waals surface area contributed by atoms with E-state index in [4.69, 9.17) is 10.5 Å². The fourth-order valence-corrected chi connectivity index (χ4v) is 1.83. The van der Waals surface area contributed by atoms with Crippen LogP contribution in [0.2, 0.25) is 0 Å². The molecule has 2 N–H and O–H groups in total. The van der Waals surface area contributed by atoms with Crippen LogP contribution >= 0.6 is 0 Å². The van der Waals surface area contributed by atoms with E-state index in [1.54, 1.807) is 7.11 Å². The van der Waals surface area contributed by atoms with Gasteiger partial charge in [-0.1, -0.05) is 24.3 Å². The molecule has 0 amide bonds. The zero-order valence-electron chi connectivity index (χ0n) is 11.1. The van der Waals surface area contributed by atoms with E-state index in [1.165, 1.54) is 17.5 Å². The molecular weight excluding hydrogens is 210 g/mol. The molecule has 0 heterocycles. The van der Waals surface area contributed by atoms with Crippen LogP contribution < -0.4 is 5.73 Å². The maximum absolute atomic E-state index is 5.49. The molecule has 0 saturated carbocycles. The average Bonchev–Trinajstić information content (AvgIpc) is 2.37. The normalized spacial score (nSPS) is 12.6. The second-order valence-corrected chi connectivity index (χ2v) is 4.65. The molecule has 96 valence electrons. The van der Waals surface area contributed by atoms with Crippen LogP contribution in [-0.4, -0.2) is 19.8 Å². The summed E-state index contributed by atoms with van der Waals surface area (Å²) in [5.74, 6) is 0. The van der Waals surface area contributed by atoms with Crippen molar-refractivity contribution in [2.75, 3.05) is 13.7 Å². The fraction of sp³-hybridized carbons (Fsp3) is 0.600. The van der Waals surface area contributed by atoms with Crippen LogP contribution in [0.15, 0.2) is 24.3 Å². The van der Waals surface area contributed by atoms with E-state index in [9.17, 15) is 0 Å². The van der Waals surface area contributed by atoms with E-state index in [0.717, 1.165) is 32.2 Å². The van der Waals surface area contributed by atoms with Gasteiger partial charge in [0.15, 0.2) is 0 Å². The summed E-state index contributed by atoms with van der Waals surface area (Å²) < 4.78 is 5.25. The summed E-state index contributed by atoms with van der Waals surface area (Å²) >= 11 is 0. The molecule has 17 heavy (non-hydrogen) atoms. The first-order chi connectivity index (χ1) is 8.26. The highest BCUT2D eigenvalue weighted by Crippen LogP contribution is 2.11. The second kappa shape index (κ2) is 8.26. The van der Waals surface area contributed by atoms with E-state index in [0.29, 0.717) is 6.10 Å². The Morgan fingerprint density at radius 1 is 1.06 bits per heavy atom. The molecule has 1 unspecified atom stereocenters. The SMILES string of the molecule is COC(C)CCc1ccc(CCCCN)cc1. The van der Waals surface area contributed by atoms with Gasteiger partial charge >= 0.3 is 0 Å². The smallest absolute Gasteiger partial charge is 0.0546 e. The van der Waals surface area contributed by atoms with Crippen molar-refractivity contribution in [2.24, 2.45) is 5.73 Å². The van der Waals surface area contributed by atoms with Crippen molar-refractivity contribution < 1.29 is 4.74 Å². The number of unbranched alkanes of at least 4 members (excludes halogenated alkanes) is 1. The molecule has 1 atom stereocenters. The van der Waals surface area contributed by atoms with Crippen molar-refractivity contribution in [3.05, 3.63) is 35.4 Å². The number of benzene rings is 1. The molecule has 2 heteroatoms. The summed E-state index contributed by atoms with van der Waals surface area (Å²) in [6, 6.07) is 8.95. The van der Waals surface area contributed by atoms with Gasteiger partial charge in [0, 0.05) is 7.11 Å². The maximum Gasteiger partial charge on any atom is 0.0546 e. The van der Waals surface area contributed by atoms with E-state index < -0.39 is 0 Å². The lowest BCUT2D eigenvalue weighted by atomic mass is 10.0. The molecular formula is C15H25NO. The molecule has 0 aliphatic carbocycles. The quantitative estimate of drug-likeness (QED) is 0.703. The highest BCUT2D eigenvalue weighted by Gasteiger charge is 2.00. The standard InChI is InChI=1S/C15H25NO/c1-13(17-2)6-7-15-10-8-14(9-11-15)5-3-4-12-16/h8-11,13H,3-7,12,16H2,1-2H3. The molecule has 1 rings (SSSR count). The van der Waals surface area contributed by atoms with Crippen LogP contribution in [-0.2, 0) is 17.6 Å². The summed E-state index contributed by atoms with van der Waals surface area (Å²) in [5.41, 5.74) is 8.30. The van der Waals surface area contributed by atoms with Crippen molar-refractivity contribution in [2.45, 2.75) is 45.1 Å². The fourth-order valence-electron chi connectivity index (χ4n) is 1.83. The summed E-state index contributed by atoms with van der Waals surface area (Å²) in [6.45, 7) is 2.91. The summed E-state index contributed by atoms with van der Waals surface area (Å²) in [5, 5.41) is 0. The molecule has 0 aromatic heterocycles. The van der Waals surface area contributed by atoms with Crippen LogP contribution in [0, 0.1) is 0 Å². The lowest BCUT2D eigenvalue weighted by Crippen LogP contribution is -2.05. The third-order valence-electron chi connectivity index (χ3n) is 3.18. The molecule has 0 spiro atoms. The predicted octanol–water partition coefficient (Wildman–Crippen LogP) is 2.94. The lowest BCUT2D eigenvalue weighted by molar-refractivity contribution is 0.111. The Bertz CT molecular complexity index is 294. The highest BCUT2D eigenvalue weighted by molar-refractivity contribution is 5.22. The Kier molecular flexibility index (Phi) is 6.90. The van der Waals surface area contributed by atoms with Crippen LogP contribution in [0.5, 0.6) is 0 Å². The number of hydrogen-bond acceptors (Lipinski definition) is 2. The van der Waals surface area contributed by atoms with Gasteiger partial charge in [-0.3, -0.25) is 0 Å². The van der Waals surface area contributed by atoms with Crippen molar-refractivity contribution in [1.82, 2.24) is 0 Å². The van der Waals surface area contributed by atoms with Gasteiger partial charge in [-0.25, -0.2) is 0 Å². The Hall–Kier alpha value is -0.860. The number of nitrogens with two attached hydrogens (primary N) is 1. The largest absolute Gasteiger partial charge is 0.382 e. The highest BCUT2D eigenvalue weighted by atomic mass is 16.5. The summed E-state index contributed by atoms with van der Waals surface area (Å²) in [4.78, 5) is 0. The first kappa shape index (κ1) is 14.2. The maximum atomic E-state index is 5.49. The van der Waals surface area contributed by atoms with E-state index >= 15 is 0 Å². The number of aryl methyl sites for hydroxylation is 2. The van der Waals surface area contributed by atoms with Crippen LogP contribution in [0.1, 0.15) is 37.3 Å². The Morgan fingerprint density at radius 2 is 1.65 bits per heavy atom. The third kappa shape index (κ3) is 5.85. The molecule has 1 aromatic carbocycles. The Morgan fingerprint density at radius 3 is 2.18 bits per heavy atom. The minimum Gasteiger partial charge on any atom is -0.382 e. The van der Waals surface area contributed by atoms with Gasteiger partial charge in [0.1, 0.15) is 0 Å². The average molecular weight is 235 g/mol. The van der Waals surface area contributed by atoms with Gasteiger partial charge in [0.25, 0.3) is 0 Å². The monoisotopic (exact) mass is 235 g/mol. The van der Waals surface area contributed by atoms with Crippen molar-refractivity contribution in [3.63, 3.8) is 0 Å². The van der Waals surface area contributed by atoms with Gasteiger partial charge in [-0.05, 0) is 56.7 Å². The molecule has 1 aromatic rings. The molecule has 2 nitrogen and oxygen atoms in total. The second-order valence-electron chi connectivity index (χ2n) is 4.65. The van der Waals surface area contributed by atoms with Crippen molar-refractivity contribution in [1.29, 1.82) is 0 Å². The first-order valence-corrected chi connectivity index (χ1v) is 6.57. The summed E-state index contributed by atoms with van der Waals surface area (Å²) in [7, 11) is 1.77. The van der Waals surface area contributed by atoms with E-state index in [2.05, 4.69) is 31.2 Å². The lowest BCUT2D eigenvalue weighted by Gasteiger charge is -2.09. The van der Waals surface area contributed by atoms with Gasteiger partial charge in [-0.15, -0.1) is 0 Å². The first-order valence-electron chi connectivity index (χ1n) is 6.57. The molecule has 0 aliphatic rings. The van der Waals surface area contributed by atoms with Crippen molar-refractivity contribution >= 4 is 0 Å². The number of methoxy groups -OCH3 is 1. The zero-order valence-corrected chi connectivity index (χ0v) is 11.1. The summed E-state index contributed by atoms with van der Waals surface area (Å²) in [6.07, 6.45) is 5.98. The van der Waals surface area contributed by atoms with Crippen LogP contribution in [0.4, 0.5) is 0 Å². The molecule has 0 fully saturated rings. The van der Waals surface area contributed by atoms with Crippen LogP contribution in [0.25, 0.3) is 0 Å². The number of ether oxygens (including phenoxy) is 1. The molecule has 0 bridgehead atoms. The van der Waals surface area contributed by atoms with E-state index in [1.807, 2.05) is 0 Å². The topological polar surface area (TPSA) is 35.2 Å². The number of rotatable bonds is 8. The zero-order chi connectivity index (χ0) is 12.5.